The summed E-state index contributed by atoms with van der Waals surface area (Å²) in [5.74, 6) is -0.897. The van der Waals surface area contributed by atoms with Gasteiger partial charge in [0, 0.05) is 32.4 Å². The summed E-state index contributed by atoms with van der Waals surface area (Å²) in [5.41, 5.74) is 3.48. The van der Waals surface area contributed by atoms with Crippen molar-refractivity contribution in [3.05, 3.63) is 29.3 Å². The predicted octanol–water partition coefficient (Wildman–Crippen LogP) is 1.95. The van der Waals surface area contributed by atoms with E-state index in [-0.39, 0.29) is 18.4 Å². The lowest BCUT2D eigenvalue weighted by atomic mass is 9.96. The largest absolute Gasteiger partial charge is 0.481 e. The first-order valence-corrected chi connectivity index (χ1v) is 9.44. The number of carboxylic acid groups (broad SMARTS) is 1. The first-order chi connectivity index (χ1) is 12.6. The molecule has 1 atom stereocenters. The van der Waals surface area contributed by atoms with Crippen LogP contribution in [0.2, 0.25) is 0 Å². The molecule has 0 aromatic heterocycles. The fraction of sp³-hybridized carbons (Fsp3) is 0.600. The molecule has 1 aromatic rings. The SMILES string of the molecule is COCC(=O)N1CCCc2cc(CCN3CCCC(C(=O)O)C3)ccc21. The maximum atomic E-state index is 12.2. The summed E-state index contributed by atoms with van der Waals surface area (Å²) in [6, 6.07) is 6.35. The van der Waals surface area contributed by atoms with E-state index in [4.69, 9.17) is 4.74 Å². The molecule has 0 radical (unpaired) electrons. The van der Waals surface area contributed by atoms with E-state index >= 15 is 0 Å². The van der Waals surface area contributed by atoms with E-state index in [2.05, 4.69) is 17.0 Å². The number of methoxy groups -OCH3 is 1. The highest BCUT2D eigenvalue weighted by Gasteiger charge is 2.25. The van der Waals surface area contributed by atoms with E-state index in [9.17, 15) is 14.7 Å². The van der Waals surface area contributed by atoms with Gasteiger partial charge in [-0.3, -0.25) is 9.59 Å². The van der Waals surface area contributed by atoms with Crippen LogP contribution in [-0.2, 0) is 27.2 Å². The third-order valence-electron chi connectivity index (χ3n) is 5.40. The van der Waals surface area contributed by atoms with E-state index in [1.54, 1.807) is 7.11 Å². The highest BCUT2D eigenvalue weighted by molar-refractivity contribution is 5.95. The standard InChI is InChI=1S/C20H28N2O4/c1-26-14-19(23)22-10-3-4-16-12-15(6-7-18(16)22)8-11-21-9-2-5-17(13-21)20(24)25/h6-7,12,17H,2-5,8-11,13-14H2,1H3,(H,24,25). The van der Waals surface area contributed by atoms with Gasteiger partial charge in [0.2, 0.25) is 0 Å². The molecule has 6 heteroatoms. The molecule has 0 aliphatic carbocycles. The maximum Gasteiger partial charge on any atom is 0.307 e. The summed E-state index contributed by atoms with van der Waals surface area (Å²) >= 11 is 0. The van der Waals surface area contributed by atoms with Crippen LogP contribution in [0.25, 0.3) is 0 Å². The van der Waals surface area contributed by atoms with Crippen LogP contribution >= 0.6 is 0 Å². The highest BCUT2D eigenvalue weighted by Crippen LogP contribution is 2.28. The fourth-order valence-corrected chi connectivity index (χ4v) is 4.01. The molecule has 1 N–H and O–H groups in total. The molecule has 1 amide bonds. The normalized spacial score (nSPS) is 20.7. The van der Waals surface area contributed by atoms with Crippen molar-refractivity contribution < 1.29 is 19.4 Å². The minimum absolute atomic E-state index is 0.00855. The maximum absolute atomic E-state index is 12.2. The number of carbonyl (C=O) groups excluding carboxylic acids is 1. The zero-order chi connectivity index (χ0) is 18.5. The van der Waals surface area contributed by atoms with Crippen LogP contribution in [0.1, 0.15) is 30.4 Å². The Morgan fingerprint density at radius 2 is 2.12 bits per heavy atom. The van der Waals surface area contributed by atoms with Gasteiger partial charge in [-0.05, 0) is 55.8 Å². The number of fused-ring (bicyclic) bond motifs is 1. The van der Waals surface area contributed by atoms with E-state index < -0.39 is 5.97 Å². The van der Waals surface area contributed by atoms with Crippen molar-refractivity contribution in [2.24, 2.45) is 5.92 Å². The number of piperidine rings is 1. The van der Waals surface area contributed by atoms with Crippen LogP contribution in [0.5, 0.6) is 0 Å². The molecule has 1 saturated heterocycles. The molecular formula is C20H28N2O4. The van der Waals surface area contributed by atoms with Crippen molar-refractivity contribution in [1.82, 2.24) is 4.90 Å². The van der Waals surface area contributed by atoms with Crippen LogP contribution in [0.3, 0.4) is 0 Å². The molecule has 2 heterocycles. The lowest BCUT2D eigenvalue weighted by Gasteiger charge is -2.31. The molecule has 1 unspecified atom stereocenters. The molecular weight excluding hydrogens is 332 g/mol. The summed E-state index contributed by atoms with van der Waals surface area (Å²) < 4.78 is 4.99. The lowest BCUT2D eigenvalue weighted by Crippen LogP contribution is -2.39. The number of aliphatic carboxylic acids is 1. The lowest BCUT2D eigenvalue weighted by molar-refractivity contribution is -0.143. The van der Waals surface area contributed by atoms with Crippen LogP contribution in [0.4, 0.5) is 5.69 Å². The number of amides is 1. The quantitative estimate of drug-likeness (QED) is 0.840. The first kappa shape index (κ1) is 18.9. The molecule has 0 saturated carbocycles. The number of hydrogen-bond acceptors (Lipinski definition) is 4. The zero-order valence-corrected chi connectivity index (χ0v) is 15.4. The molecule has 26 heavy (non-hydrogen) atoms. The molecule has 1 aromatic carbocycles. The number of carboxylic acids is 1. The molecule has 0 bridgehead atoms. The van der Waals surface area contributed by atoms with Crippen molar-refractivity contribution >= 4 is 17.6 Å². The molecule has 0 spiro atoms. The van der Waals surface area contributed by atoms with Crippen LogP contribution in [0.15, 0.2) is 18.2 Å². The van der Waals surface area contributed by atoms with Gasteiger partial charge in [-0.1, -0.05) is 12.1 Å². The summed E-state index contributed by atoms with van der Waals surface area (Å²) in [7, 11) is 1.54. The molecule has 142 valence electrons. The van der Waals surface area contributed by atoms with Gasteiger partial charge in [0.25, 0.3) is 5.91 Å². The summed E-state index contributed by atoms with van der Waals surface area (Å²) in [4.78, 5) is 27.5. The molecule has 2 aliphatic rings. The number of hydrogen-bond donors (Lipinski definition) is 1. The number of anilines is 1. The van der Waals surface area contributed by atoms with Crippen molar-refractivity contribution in [2.45, 2.75) is 32.1 Å². The fourth-order valence-electron chi connectivity index (χ4n) is 4.01. The second kappa shape index (κ2) is 8.64. The molecule has 6 nitrogen and oxygen atoms in total. The van der Waals surface area contributed by atoms with Crippen molar-refractivity contribution in [3.63, 3.8) is 0 Å². The second-order valence-corrected chi connectivity index (χ2v) is 7.27. The number of carbonyl (C=O) groups is 2. The minimum atomic E-state index is -0.677. The van der Waals surface area contributed by atoms with E-state index in [0.717, 1.165) is 57.4 Å². The Morgan fingerprint density at radius 1 is 1.27 bits per heavy atom. The van der Waals surface area contributed by atoms with Gasteiger partial charge in [0.15, 0.2) is 0 Å². The number of rotatable bonds is 6. The van der Waals surface area contributed by atoms with Crippen LogP contribution < -0.4 is 4.90 Å². The average molecular weight is 360 g/mol. The molecule has 3 rings (SSSR count). The van der Waals surface area contributed by atoms with Gasteiger partial charge >= 0.3 is 5.97 Å². The molecule has 1 fully saturated rings. The van der Waals surface area contributed by atoms with E-state index in [1.807, 2.05) is 11.0 Å². The first-order valence-electron chi connectivity index (χ1n) is 9.44. The van der Waals surface area contributed by atoms with Gasteiger partial charge < -0.3 is 19.6 Å². The van der Waals surface area contributed by atoms with Gasteiger partial charge in [-0.2, -0.15) is 0 Å². The van der Waals surface area contributed by atoms with Crippen LogP contribution in [0, 0.1) is 5.92 Å². The third-order valence-corrected chi connectivity index (χ3v) is 5.40. The summed E-state index contributed by atoms with van der Waals surface area (Å²) in [5, 5.41) is 9.21. The monoisotopic (exact) mass is 360 g/mol. The van der Waals surface area contributed by atoms with E-state index in [0.29, 0.717) is 6.54 Å². The Bertz CT molecular complexity index is 661. The minimum Gasteiger partial charge on any atom is -0.481 e. The van der Waals surface area contributed by atoms with Crippen molar-refractivity contribution in [1.29, 1.82) is 0 Å². The second-order valence-electron chi connectivity index (χ2n) is 7.27. The molecule has 2 aliphatic heterocycles. The average Bonchev–Trinajstić information content (AvgIpc) is 2.66. The number of nitrogens with zero attached hydrogens (tertiary/aromatic N) is 2. The Kier molecular flexibility index (Phi) is 6.27. The summed E-state index contributed by atoms with van der Waals surface area (Å²) in [6.45, 7) is 3.38. The van der Waals surface area contributed by atoms with Gasteiger partial charge in [-0.25, -0.2) is 0 Å². The highest BCUT2D eigenvalue weighted by atomic mass is 16.5. The van der Waals surface area contributed by atoms with Crippen molar-refractivity contribution in [3.8, 4) is 0 Å². The van der Waals surface area contributed by atoms with Crippen LogP contribution in [-0.4, -0.2) is 61.8 Å². The smallest absolute Gasteiger partial charge is 0.307 e. The Balaban J connectivity index is 1.62. The number of aryl methyl sites for hydroxylation is 1. The number of ether oxygens (including phenoxy) is 1. The number of benzene rings is 1. The number of likely N-dealkylation sites (tertiary alicyclic amines) is 1. The Morgan fingerprint density at radius 3 is 2.88 bits per heavy atom. The van der Waals surface area contributed by atoms with Gasteiger partial charge in [-0.15, -0.1) is 0 Å². The zero-order valence-electron chi connectivity index (χ0n) is 15.4. The Labute approximate surface area is 154 Å². The predicted molar refractivity (Wildman–Crippen MR) is 99.5 cm³/mol. The topological polar surface area (TPSA) is 70.1 Å². The third kappa shape index (κ3) is 4.43. The Hall–Kier alpha value is -1.92. The van der Waals surface area contributed by atoms with E-state index in [1.165, 1.54) is 11.1 Å². The van der Waals surface area contributed by atoms with Gasteiger partial charge in [0.1, 0.15) is 6.61 Å². The summed E-state index contributed by atoms with van der Waals surface area (Å²) in [6.07, 6.45) is 4.61. The van der Waals surface area contributed by atoms with Gasteiger partial charge in [0.05, 0.1) is 5.92 Å². The van der Waals surface area contributed by atoms with Crippen molar-refractivity contribution in [2.75, 3.05) is 44.8 Å².